The first kappa shape index (κ1) is 22.9. The smallest absolute Gasteiger partial charge is 0.228 e. The molecule has 0 unspecified atom stereocenters. The summed E-state index contributed by atoms with van der Waals surface area (Å²) in [4.78, 5) is 36.6. The van der Waals surface area contributed by atoms with E-state index < -0.39 is 5.41 Å². The zero-order valence-corrected chi connectivity index (χ0v) is 19.1. The highest BCUT2D eigenvalue weighted by atomic mass is 16.2. The molecule has 0 saturated carbocycles. The second kappa shape index (κ2) is 10.0. The lowest BCUT2D eigenvalue weighted by molar-refractivity contribution is -0.142. The summed E-state index contributed by atoms with van der Waals surface area (Å²) in [6, 6.07) is 8.16. The molecule has 1 aromatic heterocycles. The molecule has 0 radical (unpaired) electrons. The Labute approximate surface area is 185 Å². The standard InChI is InChI=1S/C25H34N4O2/c1-18(2)12-23(30)29-11-7-10-25(16-29,24(31)28-19(3)4)13-20-8-5-6-9-22(20)21-14-26-17-27-15-21/h5-6,8-9,14-15,17-19H,7,10-13,16H2,1-4H3,(H,28,31)/t25-/m0/s1. The zero-order chi connectivity index (χ0) is 22.4. The summed E-state index contributed by atoms with van der Waals surface area (Å²) < 4.78 is 0. The van der Waals surface area contributed by atoms with Gasteiger partial charge in [0.15, 0.2) is 0 Å². The molecule has 1 N–H and O–H groups in total. The predicted molar refractivity (Wildman–Crippen MR) is 122 cm³/mol. The molecule has 1 saturated heterocycles. The number of benzene rings is 1. The third kappa shape index (κ3) is 5.69. The van der Waals surface area contributed by atoms with Gasteiger partial charge in [-0.05, 0) is 50.2 Å². The molecule has 6 heteroatoms. The van der Waals surface area contributed by atoms with Gasteiger partial charge in [0.05, 0.1) is 5.41 Å². The lowest BCUT2D eigenvalue weighted by Gasteiger charge is -2.42. The fourth-order valence-electron chi connectivity index (χ4n) is 4.41. The van der Waals surface area contributed by atoms with E-state index in [4.69, 9.17) is 0 Å². The van der Waals surface area contributed by atoms with Crippen LogP contribution >= 0.6 is 0 Å². The molecular formula is C25H34N4O2. The first-order valence-corrected chi connectivity index (χ1v) is 11.2. The number of hydrogen-bond donors (Lipinski definition) is 1. The van der Waals surface area contributed by atoms with E-state index in [0.29, 0.717) is 25.3 Å². The van der Waals surface area contributed by atoms with Crippen LogP contribution < -0.4 is 5.32 Å². The molecule has 1 aliphatic heterocycles. The van der Waals surface area contributed by atoms with Crippen LogP contribution in [-0.4, -0.2) is 45.8 Å². The Bertz CT molecular complexity index is 897. The van der Waals surface area contributed by atoms with Gasteiger partial charge in [-0.1, -0.05) is 38.1 Å². The highest BCUT2D eigenvalue weighted by Gasteiger charge is 2.44. The number of likely N-dealkylation sites (tertiary alicyclic amines) is 1. The monoisotopic (exact) mass is 422 g/mol. The highest BCUT2D eigenvalue weighted by Crippen LogP contribution is 2.37. The molecule has 1 aliphatic rings. The topological polar surface area (TPSA) is 75.2 Å². The van der Waals surface area contributed by atoms with E-state index in [2.05, 4.69) is 35.2 Å². The number of amides is 2. The van der Waals surface area contributed by atoms with Crippen molar-refractivity contribution in [2.75, 3.05) is 13.1 Å². The van der Waals surface area contributed by atoms with Gasteiger partial charge in [-0.2, -0.15) is 0 Å². The fraction of sp³-hybridized carbons (Fsp3) is 0.520. The Morgan fingerprint density at radius 3 is 2.52 bits per heavy atom. The van der Waals surface area contributed by atoms with Crippen LogP contribution in [-0.2, 0) is 16.0 Å². The zero-order valence-electron chi connectivity index (χ0n) is 19.1. The molecule has 0 aliphatic carbocycles. The van der Waals surface area contributed by atoms with Crippen molar-refractivity contribution in [3.8, 4) is 11.1 Å². The molecular weight excluding hydrogens is 388 g/mol. The van der Waals surface area contributed by atoms with Gasteiger partial charge in [0, 0.05) is 43.5 Å². The number of carbonyl (C=O) groups is 2. The van der Waals surface area contributed by atoms with Crippen molar-refractivity contribution in [1.29, 1.82) is 0 Å². The molecule has 2 amide bonds. The first-order chi connectivity index (χ1) is 14.8. The van der Waals surface area contributed by atoms with Crippen LogP contribution in [0.25, 0.3) is 11.1 Å². The minimum absolute atomic E-state index is 0.0312. The number of rotatable bonds is 7. The summed E-state index contributed by atoms with van der Waals surface area (Å²) in [6.45, 7) is 9.24. The maximum absolute atomic E-state index is 13.5. The molecule has 2 aromatic rings. The number of aromatic nitrogens is 2. The second-order valence-electron chi connectivity index (χ2n) is 9.39. The van der Waals surface area contributed by atoms with Crippen molar-refractivity contribution in [2.24, 2.45) is 11.3 Å². The van der Waals surface area contributed by atoms with Crippen molar-refractivity contribution in [2.45, 2.75) is 59.4 Å². The third-order valence-corrected chi connectivity index (χ3v) is 5.83. The van der Waals surface area contributed by atoms with Crippen molar-refractivity contribution in [3.05, 3.63) is 48.5 Å². The number of hydrogen-bond acceptors (Lipinski definition) is 4. The summed E-state index contributed by atoms with van der Waals surface area (Å²) in [7, 11) is 0. The Hall–Kier alpha value is -2.76. The van der Waals surface area contributed by atoms with E-state index in [1.54, 1.807) is 12.4 Å². The van der Waals surface area contributed by atoms with Gasteiger partial charge >= 0.3 is 0 Å². The highest BCUT2D eigenvalue weighted by molar-refractivity contribution is 5.85. The molecule has 6 nitrogen and oxygen atoms in total. The predicted octanol–water partition coefficient (Wildman–Crippen LogP) is 3.87. The molecule has 3 rings (SSSR count). The van der Waals surface area contributed by atoms with Gasteiger partial charge in [-0.3, -0.25) is 9.59 Å². The van der Waals surface area contributed by atoms with E-state index in [9.17, 15) is 9.59 Å². The Morgan fingerprint density at radius 1 is 1.13 bits per heavy atom. The second-order valence-corrected chi connectivity index (χ2v) is 9.39. The van der Waals surface area contributed by atoms with Crippen molar-refractivity contribution < 1.29 is 9.59 Å². The molecule has 31 heavy (non-hydrogen) atoms. The maximum atomic E-state index is 13.5. The molecule has 1 fully saturated rings. The SMILES string of the molecule is CC(C)CC(=O)N1CCC[C@@](Cc2ccccc2-c2cncnc2)(C(=O)NC(C)C)C1. The molecule has 2 heterocycles. The van der Waals surface area contributed by atoms with E-state index in [1.807, 2.05) is 36.9 Å². The van der Waals surface area contributed by atoms with E-state index in [1.165, 1.54) is 6.33 Å². The van der Waals surface area contributed by atoms with Crippen LogP contribution in [0.15, 0.2) is 43.0 Å². The largest absolute Gasteiger partial charge is 0.353 e. The van der Waals surface area contributed by atoms with Crippen LogP contribution in [0.3, 0.4) is 0 Å². The minimum Gasteiger partial charge on any atom is -0.353 e. The van der Waals surface area contributed by atoms with Gasteiger partial charge in [0.2, 0.25) is 11.8 Å². The van der Waals surface area contributed by atoms with Crippen LogP contribution in [0.1, 0.15) is 52.5 Å². The van der Waals surface area contributed by atoms with Crippen LogP contribution in [0, 0.1) is 11.3 Å². The van der Waals surface area contributed by atoms with Crippen molar-refractivity contribution >= 4 is 11.8 Å². The Kier molecular flexibility index (Phi) is 7.42. The first-order valence-electron chi connectivity index (χ1n) is 11.2. The summed E-state index contributed by atoms with van der Waals surface area (Å²) >= 11 is 0. The lowest BCUT2D eigenvalue weighted by Crippen LogP contribution is -2.55. The number of carbonyl (C=O) groups excluding carboxylic acids is 2. The fourth-order valence-corrected chi connectivity index (χ4v) is 4.41. The molecule has 0 spiro atoms. The van der Waals surface area contributed by atoms with Crippen LogP contribution in [0.4, 0.5) is 0 Å². The number of piperidine rings is 1. The maximum Gasteiger partial charge on any atom is 0.228 e. The molecule has 166 valence electrons. The normalized spacial score (nSPS) is 19.0. The van der Waals surface area contributed by atoms with Gasteiger partial charge in [-0.25, -0.2) is 9.97 Å². The molecule has 1 aromatic carbocycles. The van der Waals surface area contributed by atoms with E-state index in [0.717, 1.165) is 36.1 Å². The number of nitrogens with one attached hydrogen (secondary N) is 1. The summed E-state index contributed by atoms with van der Waals surface area (Å²) in [6.07, 6.45) is 7.78. The molecule has 0 bridgehead atoms. The molecule has 1 atom stereocenters. The third-order valence-electron chi connectivity index (χ3n) is 5.83. The minimum atomic E-state index is -0.652. The summed E-state index contributed by atoms with van der Waals surface area (Å²) in [5.74, 6) is 0.469. The van der Waals surface area contributed by atoms with Crippen LogP contribution in [0.2, 0.25) is 0 Å². The lowest BCUT2D eigenvalue weighted by atomic mass is 9.73. The Morgan fingerprint density at radius 2 is 1.84 bits per heavy atom. The number of nitrogens with zero attached hydrogens (tertiary/aromatic N) is 3. The quantitative estimate of drug-likeness (QED) is 0.735. The van der Waals surface area contributed by atoms with Gasteiger partial charge in [0.1, 0.15) is 6.33 Å². The summed E-state index contributed by atoms with van der Waals surface area (Å²) in [5, 5.41) is 3.13. The van der Waals surface area contributed by atoms with Crippen molar-refractivity contribution in [1.82, 2.24) is 20.2 Å². The van der Waals surface area contributed by atoms with E-state index >= 15 is 0 Å². The average molecular weight is 423 g/mol. The van der Waals surface area contributed by atoms with E-state index in [-0.39, 0.29) is 17.9 Å². The van der Waals surface area contributed by atoms with Crippen molar-refractivity contribution in [3.63, 3.8) is 0 Å². The summed E-state index contributed by atoms with van der Waals surface area (Å²) in [5.41, 5.74) is 2.39. The van der Waals surface area contributed by atoms with Gasteiger partial charge < -0.3 is 10.2 Å². The average Bonchev–Trinajstić information content (AvgIpc) is 2.74. The van der Waals surface area contributed by atoms with Gasteiger partial charge in [-0.15, -0.1) is 0 Å². The van der Waals surface area contributed by atoms with Gasteiger partial charge in [0.25, 0.3) is 0 Å². The Balaban J connectivity index is 1.96. The van der Waals surface area contributed by atoms with Crippen LogP contribution in [0.5, 0.6) is 0 Å².